The van der Waals surface area contributed by atoms with Crippen LogP contribution in [0.15, 0.2) is 0 Å². The van der Waals surface area contributed by atoms with Crippen LogP contribution in [0.2, 0.25) is 0 Å². The van der Waals surface area contributed by atoms with E-state index in [2.05, 4.69) is 18.5 Å². The Morgan fingerprint density at radius 2 is 1.94 bits per heavy atom. The summed E-state index contributed by atoms with van der Waals surface area (Å²) in [7, 11) is 0. The molecule has 0 heterocycles. The van der Waals surface area contributed by atoms with Crippen molar-refractivity contribution in [1.82, 2.24) is 5.32 Å². The highest BCUT2D eigenvalue weighted by molar-refractivity contribution is 7.98. The van der Waals surface area contributed by atoms with Gasteiger partial charge in [-0.3, -0.25) is 0 Å². The average molecular weight is 257 g/mol. The van der Waals surface area contributed by atoms with E-state index in [0.29, 0.717) is 0 Å². The number of hydrogen-bond donors (Lipinski definition) is 1. The van der Waals surface area contributed by atoms with Gasteiger partial charge in [-0.25, -0.2) is 0 Å². The van der Waals surface area contributed by atoms with Crippen LogP contribution in [0.3, 0.4) is 0 Å². The molecule has 17 heavy (non-hydrogen) atoms. The largest absolute Gasteiger partial charge is 0.316 e. The van der Waals surface area contributed by atoms with Crippen molar-refractivity contribution in [3.8, 4) is 0 Å². The molecule has 1 nitrogen and oxygen atoms in total. The predicted molar refractivity (Wildman–Crippen MR) is 80.8 cm³/mol. The zero-order valence-electron chi connectivity index (χ0n) is 11.8. The molecule has 1 saturated carbocycles. The van der Waals surface area contributed by atoms with Gasteiger partial charge in [-0.1, -0.05) is 32.6 Å². The Hall–Kier alpha value is 0.310. The van der Waals surface area contributed by atoms with E-state index in [1.165, 1.54) is 70.2 Å². The highest BCUT2D eigenvalue weighted by Crippen LogP contribution is 2.27. The van der Waals surface area contributed by atoms with E-state index in [0.717, 1.165) is 11.8 Å². The molecule has 1 aliphatic rings. The third-order valence-corrected chi connectivity index (χ3v) is 4.63. The normalized spacial score (nSPS) is 25.1. The maximum absolute atomic E-state index is 3.66. The van der Waals surface area contributed by atoms with Crippen LogP contribution in [0.25, 0.3) is 0 Å². The topological polar surface area (TPSA) is 12.0 Å². The Morgan fingerprint density at radius 3 is 2.71 bits per heavy atom. The molecule has 102 valence electrons. The molecule has 2 heteroatoms. The Morgan fingerprint density at radius 1 is 1.12 bits per heavy atom. The second-order valence-electron chi connectivity index (χ2n) is 5.75. The van der Waals surface area contributed by atoms with Crippen molar-refractivity contribution in [2.45, 2.75) is 58.3 Å². The molecule has 0 aromatic heterocycles. The molecule has 1 aliphatic carbocycles. The molecule has 0 amide bonds. The summed E-state index contributed by atoms with van der Waals surface area (Å²) in [4.78, 5) is 0. The lowest BCUT2D eigenvalue weighted by Gasteiger charge is -2.26. The standard InChI is InChI=1S/C15H31NS/c1-14-8-7-9-15(12-14)13-16-10-5-3-4-6-11-17-2/h14-16H,3-13H2,1-2H3. The van der Waals surface area contributed by atoms with Crippen LogP contribution in [0.4, 0.5) is 0 Å². The predicted octanol–water partition coefficient (Wildman–Crippen LogP) is 4.33. The second-order valence-corrected chi connectivity index (χ2v) is 6.73. The van der Waals surface area contributed by atoms with Crippen molar-refractivity contribution in [2.75, 3.05) is 25.1 Å². The lowest BCUT2D eigenvalue weighted by Crippen LogP contribution is -2.27. The van der Waals surface area contributed by atoms with Crippen molar-refractivity contribution in [2.24, 2.45) is 11.8 Å². The second kappa shape index (κ2) is 10.3. The molecule has 0 radical (unpaired) electrons. The molecule has 2 atom stereocenters. The lowest BCUT2D eigenvalue weighted by molar-refractivity contribution is 0.274. The summed E-state index contributed by atoms with van der Waals surface area (Å²) in [5.74, 6) is 3.28. The Balaban J connectivity index is 1.83. The molecule has 0 saturated heterocycles. The molecule has 0 bridgehead atoms. The van der Waals surface area contributed by atoms with E-state index in [4.69, 9.17) is 0 Å². The van der Waals surface area contributed by atoms with Crippen molar-refractivity contribution in [1.29, 1.82) is 0 Å². The van der Waals surface area contributed by atoms with Crippen LogP contribution in [0.5, 0.6) is 0 Å². The minimum absolute atomic E-state index is 0.968. The van der Waals surface area contributed by atoms with Gasteiger partial charge in [0, 0.05) is 0 Å². The number of rotatable bonds is 9. The molecular formula is C15H31NS. The van der Waals surface area contributed by atoms with Gasteiger partial charge in [0.15, 0.2) is 0 Å². The molecule has 1 fully saturated rings. The fraction of sp³-hybridized carbons (Fsp3) is 1.00. The van der Waals surface area contributed by atoms with E-state index < -0.39 is 0 Å². The first-order valence-corrected chi connectivity index (χ1v) is 8.92. The third kappa shape index (κ3) is 8.10. The summed E-state index contributed by atoms with van der Waals surface area (Å²) < 4.78 is 0. The Bertz CT molecular complexity index is 172. The fourth-order valence-corrected chi connectivity index (χ4v) is 3.39. The number of nitrogens with one attached hydrogen (secondary N) is 1. The van der Waals surface area contributed by atoms with Crippen LogP contribution >= 0.6 is 11.8 Å². The highest BCUT2D eigenvalue weighted by atomic mass is 32.2. The Kier molecular flexibility index (Phi) is 9.27. The molecule has 1 rings (SSSR count). The van der Waals surface area contributed by atoms with Crippen molar-refractivity contribution in [3.05, 3.63) is 0 Å². The zero-order valence-corrected chi connectivity index (χ0v) is 12.7. The van der Waals surface area contributed by atoms with Gasteiger partial charge in [-0.2, -0.15) is 11.8 Å². The zero-order chi connectivity index (χ0) is 12.3. The first kappa shape index (κ1) is 15.4. The van der Waals surface area contributed by atoms with Gasteiger partial charge in [-0.05, 0) is 62.6 Å². The number of hydrogen-bond acceptors (Lipinski definition) is 2. The van der Waals surface area contributed by atoms with Crippen LogP contribution in [0, 0.1) is 11.8 Å². The maximum Gasteiger partial charge on any atom is -0.00204 e. The smallest absolute Gasteiger partial charge is 0.00204 e. The molecule has 0 aromatic rings. The van der Waals surface area contributed by atoms with Crippen molar-refractivity contribution in [3.63, 3.8) is 0 Å². The van der Waals surface area contributed by atoms with Gasteiger partial charge in [0.25, 0.3) is 0 Å². The molecule has 0 aromatic carbocycles. The summed E-state index contributed by atoms with van der Waals surface area (Å²) in [5.41, 5.74) is 0. The summed E-state index contributed by atoms with van der Waals surface area (Å²) in [6.07, 6.45) is 13.7. The molecule has 2 unspecified atom stereocenters. The highest BCUT2D eigenvalue weighted by Gasteiger charge is 2.17. The molecular weight excluding hydrogens is 226 g/mol. The van der Waals surface area contributed by atoms with E-state index >= 15 is 0 Å². The monoisotopic (exact) mass is 257 g/mol. The molecule has 0 aliphatic heterocycles. The maximum atomic E-state index is 3.66. The molecule has 0 spiro atoms. The van der Waals surface area contributed by atoms with Gasteiger partial charge >= 0.3 is 0 Å². The Labute approximate surface area is 113 Å². The quantitative estimate of drug-likeness (QED) is 0.617. The van der Waals surface area contributed by atoms with Gasteiger partial charge in [0.2, 0.25) is 0 Å². The van der Waals surface area contributed by atoms with Crippen LogP contribution in [-0.4, -0.2) is 25.1 Å². The first-order chi connectivity index (χ1) is 8.33. The van der Waals surface area contributed by atoms with E-state index in [1.807, 2.05) is 11.8 Å². The van der Waals surface area contributed by atoms with E-state index in [1.54, 1.807) is 0 Å². The SMILES string of the molecule is CSCCCCCCNCC1CCCC(C)C1. The van der Waals surface area contributed by atoms with E-state index in [9.17, 15) is 0 Å². The first-order valence-electron chi connectivity index (χ1n) is 7.52. The summed E-state index contributed by atoms with van der Waals surface area (Å²) in [6, 6.07) is 0. The van der Waals surface area contributed by atoms with Crippen LogP contribution in [0.1, 0.15) is 58.3 Å². The van der Waals surface area contributed by atoms with E-state index in [-0.39, 0.29) is 0 Å². The summed E-state index contributed by atoms with van der Waals surface area (Å²) in [6.45, 7) is 4.93. The van der Waals surface area contributed by atoms with Crippen LogP contribution < -0.4 is 5.32 Å². The van der Waals surface area contributed by atoms with Crippen molar-refractivity contribution < 1.29 is 0 Å². The van der Waals surface area contributed by atoms with Gasteiger partial charge in [0.1, 0.15) is 0 Å². The summed E-state index contributed by atoms with van der Waals surface area (Å²) >= 11 is 1.97. The minimum atomic E-state index is 0.968. The van der Waals surface area contributed by atoms with Crippen molar-refractivity contribution >= 4 is 11.8 Å². The third-order valence-electron chi connectivity index (χ3n) is 3.93. The average Bonchev–Trinajstić information content (AvgIpc) is 2.33. The van der Waals surface area contributed by atoms with Crippen LogP contribution in [-0.2, 0) is 0 Å². The number of unbranched alkanes of at least 4 members (excludes halogenated alkanes) is 3. The number of thioether (sulfide) groups is 1. The summed E-state index contributed by atoms with van der Waals surface area (Å²) in [5, 5.41) is 3.66. The van der Waals surface area contributed by atoms with Gasteiger partial charge in [0.05, 0.1) is 0 Å². The molecule has 1 N–H and O–H groups in total. The fourth-order valence-electron chi connectivity index (χ4n) is 2.90. The van der Waals surface area contributed by atoms with Gasteiger partial charge in [-0.15, -0.1) is 0 Å². The van der Waals surface area contributed by atoms with Gasteiger partial charge < -0.3 is 5.32 Å². The minimum Gasteiger partial charge on any atom is -0.316 e. The lowest BCUT2D eigenvalue weighted by atomic mass is 9.82.